The van der Waals surface area contributed by atoms with Gasteiger partial charge in [-0.15, -0.1) is 0 Å². The van der Waals surface area contributed by atoms with Crippen molar-refractivity contribution in [3.05, 3.63) is 89.3 Å². The molecule has 1 N–H and O–H groups in total. The van der Waals surface area contributed by atoms with Gasteiger partial charge in [-0.25, -0.2) is 0 Å². The molecule has 174 valence electrons. The van der Waals surface area contributed by atoms with E-state index in [1.54, 1.807) is 74.1 Å². The van der Waals surface area contributed by atoms with E-state index in [-0.39, 0.29) is 17.3 Å². The Balaban J connectivity index is 1.96. The first-order valence-corrected chi connectivity index (χ1v) is 10.9. The average Bonchev–Trinajstić information content (AvgIpc) is 3.13. The minimum absolute atomic E-state index is 0.00183. The van der Waals surface area contributed by atoms with E-state index in [1.807, 2.05) is 13.8 Å². The normalized spacial score (nSPS) is 17.3. The molecule has 1 fully saturated rings. The molecule has 0 radical (unpaired) electrons. The molecule has 7 heteroatoms. The number of amides is 1. The fourth-order valence-corrected chi connectivity index (χ4v) is 4.26. The first-order chi connectivity index (χ1) is 16.4. The molecule has 1 atom stereocenters. The van der Waals surface area contributed by atoms with Gasteiger partial charge in [0.25, 0.3) is 11.7 Å². The van der Waals surface area contributed by atoms with Crippen LogP contribution in [0.25, 0.3) is 5.76 Å². The number of nitrogens with zero attached hydrogens (tertiary/aromatic N) is 2. The molecule has 1 saturated heterocycles. The zero-order chi connectivity index (χ0) is 24.4. The summed E-state index contributed by atoms with van der Waals surface area (Å²) in [6, 6.07) is 14.8. The van der Waals surface area contributed by atoms with Crippen molar-refractivity contribution in [2.45, 2.75) is 25.8 Å². The van der Waals surface area contributed by atoms with Crippen LogP contribution in [0.3, 0.4) is 0 Å². The highest BCUT2D eigenvalue weighted by Gasteiger charge is 2.47. The first-order valence-electron chi connectivity index (χ1n) is 10.9. The van der Waals surface area contributed by atoms with Gasteiger partial charge in [0, 0.05) is 18.0 Å². The third-order valence-corrected chi connectivity index (χ3v) is 5.94. The highest BCUT2D eigenvalue weighted by Crippen LogP contribution is 2.45. The minimum atomic E-state index is -0.857. The fourth-order valence-electron chi connectivity index (χ4n) is 4.26. The Hall–Kier alpha value is -4.13. The number of benzene rings is 2. The second-order valence-electron chi connectivity index (χ2n) is 8.23. The number of pyridine rings is 1. The number of anilines is 1. The quantitative estimate of drug-likeness (QED) is 0.323. The van der Waals surface area contributed by atoms with Gasteiger partial charge >= 0.3 is 0 Å². The van der Waals surface area contributed by atoms with Crippen LogP contribution in [0, 0.1) is 0 Å². The Kier molecular flexibility index (Phi) is 6.36. The van der Waals surface area contributed by atoms with Crippen LogP contribution in [0.5, 0.6) is 11.5 Å². The van der Waals surface area contributed by atoms with Gasteiger partial charge in [0.05, 0.1) is 31.5 Å². The summed E-state index contributed by atoms with van der Waals surface area (Å²) in [7, 11) is 3.09. The molecule has 1 aromatic heterocycles. The molecule has 34 heavy (non-hydrogen) atoms. The van der Waals surface area contributed by atoms with Crippen molar-refractivity contribution in [2.75, 3.05) is 19.1 Å². The van der Waals surface area contributed by atoms with Crippen LogP contribution in [-0.4, -0.2) is 36.0 Å². The van der Waals surface area contributed by atoms with Gasteiger partial charge < -0.3 is 14.6 Å². The second kappa shape index (κ2) is 9.39. The van der Waals surface area contributed by atoms with Crippen molar-refractivity contribution in [1.29, 1.82) is 0 Å². The molecule has 1 aliphatic rings. The van der Waals surface area contributed by atoms with Gasteiger partial charge in [0.2, 0.25) is 0 Å². The van der Waals surface area contributed by atoms with Crippen molar-refractivity contribution in [2.24, 2.45) is 0 Å². The minimum Gasteiger partial charge on any atom is -0.507 e. The maximum absolute atomic E-state index is 13.3. The number of ketones is 1. The number of para-hydroxylation sites is 2. The lowest BCUT2D eigenvalue weighted by atomic mass is 9.93. The smallest absolute Gasteiger partial charge is 0.300 e. The van der Waals surface area contributed by atoms with Crippen molar-refractivity contribution < 1.29 is 24.2 Å². The lowest BCUT2D eigenvalue weighted by Gasteiger charge is -2.26. The lowest BCUT2D eigenvalue weighted by molar-refractivity contribution is -0.132. The van der Waals surface area contributed by atoms with Crippen molar-refractivity contribution in [3.63, 3.8) is 0 Å². The average molecular weight is 459 g/mol. The van der Waals surface area contributed by atoms with Gasteiger partial charge in [-0.2, -0.15) is 0 Å². The SMILES string of the molecule is COc1ccc(/C(O)=C2/C(=O)C(=O)N(c3ccccc3OC)C2c2ccncc2)cc1C(C)C. The van der Waals surface area contributed by atoms with Crippen LogP contribution in [0.4, 0.5) is 5.69 Å². The van der Waals surface area contributed by atoms with Crippen LogP contribution < -0.4 is 14.4 Å². The maximum atomic E-state index is 13.3. The Labute approximate surface area is 198 Å². The van der Waals surface area contributed by atoms with E-state index in [0.29, 0.717) is 28.3 Å². The lowest BCUT2D eigenvalue weighted by Crippen LogP contribution is -2.29. The first kappa shape index (κ1) is 23.0. The molecule has 2 heterocycles. The second-order valence-corrected chi connectivity index (χ2v) is 8.23. The fraction of sp³-hybridized carbons (Fsp3) is 0.222. The van der Waals surface area contributed by atoms with Gasteiger partial charge in [-0.05, 0) is 59.5 Å². The molecule has 2 aromatic carbocycles. The topological polar surface area (TPSA) is 89.0 Å². The van der Waals surface area contributed by atoms with Crippen molar-refractivity contribution in [1.82, 2.24) is 4.98 Å². The Bertz CT molecular complexity index is 1270. The summed E-state index contributed by atoms with van der Waals surface area (Å²) >= 11 is 0. The number of rotatable bonds is 6. The molecule has 4 rings (SSSR count). The van der Waals surface area contributed by atoms with Gasteiger partial charge in [0.1, 0.15) is 17.3 Å². The summed E-state index contributed by atoms with van der Waals surface area (Å²) in [5, 5.41) is 11.4. The summed E-state index contributed by atoms with van der Waals surface area (Å²) in [4.78, 5) is 32.1. The number of aromatic nitrogens is 1. The number of hydrogen-bond donors (Lipinski definition) is 1. The molecule has 0 aliphatic carbocycles. The van der Waals surface area contributed by atoms with E-state index >= 15 is 0 Å². The predicted molar refractivity (Wildman–Crippen MR) is 129 cm³/mol. The van der Waals surface area contributed by atoms with Gasteiger partial charge in [-0.3, -0.25) is 19.5 Å². The van der Waals surface area contributed by atoms with Gasteiger partial charge in [-0.1, -0.05) is 26.0 Å². The third-order valence-electron chi connectivity index (χ3n) is 5.94. The van der Waals surface area contributed by atoms with Gasteiger partial charge in [0.15, 0.2) is 0 Å². The summed E-state index contributed by atoms with van der Waals surface area (Å²) < 4.78 is 10.9. The molecular formula is C27H26N2O5. The summed E-state index contributed by atoms with van der Waals surface area (Å²) in [6.07, 6.45) is 3.17. The molecule has 1 amide bonds. The Morgan fingerprint density at radius 3 is 2.29 bits per heavy atom. The molecule has 0 saturated carbocycles. The van der Waals surface area contributed by atoms with Crippen LogP contribution in [0.1, 0.15) is 42.5 Å². The molecule has 3 aromatic rings. The van der Waals surface area contributed by atoms with E-state index in [4.69, 9.17) is 9.47 Å². The molecule has 7 nitrogen and oxygen atoms in total. The zero-order valence-electron chi connectivity index (χ0n) is 19.5. The molecule has 1 aliphatic heterocycles. The van der Waals surface area contributed by atoms with Crippen molar-refractivity contribution in [3.8, 4) is 11.5 Å². The van der Waals surface area contributed by atoms with E-state index < -0.39 is 17.7 Å². The maximum Gasteiger partial charge on any atom is 0.300 e. The van der Waals surface area contributed by atoms with Crippen LogP contribution in [0.15, 0.2) is 72.6 Å². The van der Waals surface area contributed by atoms with E-state index in [0.717, 1.165) is 5.56 Å². The molecule has 1 unspecified atom stereocenters. The summed E-state index contributed by atoms with van der Waals surface area (Å²) in [5.41, 5.74) is 2.39. The largest absolute Gasteiger partial charge is 0.507 e. The number of Topliss-reactive ketones (excluding diaryl/α,β-unsaturated/α-hetero) is 1. The number of aliphatic hydroxyl groups excluding tert-OH is 1. The Morgan fingerprint density at radius 2 is 1.65 bits per heavy atom. The van der Waals surface area contributed by atoms with Crippen LogP contribution in [-0.2, 0) is 9.59 Å². The number of aliphatic hydroxyl groups is 1. The standard InChI is InChI=1S/C27H26N2O5/c1-16(2)19-15-18(9-10-21(19)33-3)25(30)23-24(17-11-13-28-14-12-17)29(27(32)26(23)31)20-7-5-6-8-22(20)34-4/h5-16,24,30H,1-4H3/b25-23-. The summed E-state index contributed by atoms with van der Waals surface area (Å²) in [5.74, 6) is -0.518. The monoisotopic (exact) mass is 458 g/mol. The van der Waals surface area contributed by atoms with Crippen LogP contribution in [0.2, 0.25) is 0 Å². The highest BCUT2D eigenvalue weighted by atomic mass is 16.5. The molecule has 0 bridgehead atoms. The predicted octanol–water partition coefficient (Wildman–Crippen LogP) is 4.85. The molecular weight excluding hydrogens is 432 g/mol. The number of methoxy groups -OCH3 is 2. The van der Waals surface area contributed by atoms with Crippen molar-refractivity contribution >= 4 is 23.1 Å². The highest BCUT2D eigenvalue weighted by molar-refractivity contribution is 6.51. The van der Waals surface area contributed by atoms with Crippen LogP contribution >= 0.6 is 0 Å². The zero-order valence-corrected chi connectivity index (χ0v) is 19.5. The number of carbonyl (C=O) groups is 2. The third kappa shape index (κ3) is 3.90. The van der Waals surface area contributed by atoms with E-state index in [1.165, 1.54) is 12.0 Å². The van der Waals surface area contributed by atoms with E-state index in [9.17, 15) is 14.7 Å². The van der Waals surface area contributed by atoms with E-state index in [2.05, 4.69) is 4.98 Å². The molecule has 0 spiro atoms. The number of carbonyl (C=O) groups excluding carboxylic acids is 2. The number of ether oxygens (including phenoxy) is 2. The number of hydrogen-bond acceptors (Lipinski definition) is 6. The summed E-state index contributed by atoms with van der Waals surface area (Å²) in [6.45, 7) is 4.03. The Morgan fingerprint density at radius 1 is 0.971 bits per heavy atom.